The molecule has 8 nitrogen and oxygen atoms in total. The average Bonchev–Trinajstić information content (AvgIpc) is 3.09. The molecular formula is C38H31N3O5S. The number of benzene rings is 5. The zero-order valence-corrected chi connectivity index (χ0v) is 26.2. The highest BCUT2D eigenvalue weighted by atomic mass is 32.2. The highest BCUT2D eigenvalue weighted by Gasteiger charge is 2.24. The van der Waals surface area contributed by atoms with E-state index >= 15 is 0 Å². The number of carbonyl (C=O) groups is 4. The number of carboxylic acids is 1. The molecule has 0 aliphatic rings. The predicted octanol–water partition coefficient (Wildman–Crippen LogP) is 7.57. The molecule has 1 atom stereocenters. The molecule has 5 rings (SSSR count). The highest BCUT2D eigenvalue weighted by molar-refractivity contribution is 8.00. The molecule has 0 fully saturated rings. The topological polar surface area (TPSA) is 125 Å². The Morgan fingerprint density at radius 3 is 2.04 bits per heavy atom. The van der Waals surface area contributed by atoms with Gasteiger partial charge >= 0.3 is 5.97 Å². The van der Waals surface area contributed by atoms with Gasteiger partial charge in [-0.2, -0.15) is 0 Å². The van der Waals surface area contributed by atoms with Crippen LogP contribution in [0.3, 0.4) is 0 Å². The minimum Gasteiger partial charge on any atom is -0.478 e. The Balaban J connectivity index is 1.38. The van der Waals surface area contributed by atoms with Crippen molar-refractivity contribution in [3.63, 3.8) is 0 Å². The molecule has 0 aromatic heterocycles. The van der Waals surface area contributed by atoms with E-state index in [1.807, 2.05) is 66.7 Å². The van der Waals surface area contributed by atoms with Crippen LogP contribution in [0.5, 0.6) is 0 Å². The number of aryl methyl sites for hydroxylation is 1. The third-order valence-electron chi connectivity index (χ3n) is 7.07. The lowest BCUT2D eigenvalue weighted by Gasteiger charge is -2.19. The average molecular weight is 642 g/mol. The van der Waals surface area contributed by atoms with Gasteiger partial charge in [0.2, 0.25) is 5.91 Å². The lowest BCUT2D eigenvalue weighted by Crippen LogP contribution is -2.30. The standard InChI is InChI=1S/C38H31N3O5S/c1-25-20-21-29(38(45)46)23-32(25)40-37(44)34(27-14-7-3-8-15-27)47-31-19-11-18-30(24-31)39-36(43)33(22-26-12-5-2-6-13-26)41-35(42)28-16-9-4-10-17-28/h2-24,34H,1H3,(H,39,43)(H,40,44)(H,41,42)(H,45,46)/b33-22-. The maximum Gasteiger partial charge on any atom is 0.335 e. The zero-order valence-electron chi connectivity index (χ0n) is 25.3. The summed E-state index contributed by atoms with van der Waals surface area (Å²) in [6, 6.07) is 38.7. The number of hydrogen-bond donors (Lipinski definition) is 4. The summed E-state index contributed by atoms with van der Waals surface area (Å²) in [6.07, 6.45) is 1.60. The van der Waals surface area contributed by atoms with E-state index in [0.717, 1.165) is 16.7 Å². The van der Waals surface area contributed by atoms with Gasteiger partial charge in [0, 0.05) is 21.8 Å². The predicted molar refractivity (Wildman–Crippen MR) is 185 cm³/mol. The summed E-state index contributed by atoms with van der Waals surface area (Å²) in [5.74, 6) is -2.37. The van der Waals surface area contributed by atoms with Crippen molar-refractivity contribution in [3.8, 4) is 0 Å². The summed E-state index contributed by atoms with van der Waals surface area (Å²) in [5.41, 5.74) is 3.61. The summed E-state index contributed by atoms with van der Waals surface area (Å²) in [7, 11) is 0. The van der Waals surface area contributed by atoms with Gasteiger partial charge in [0.1, 0.15) is 10.9 Å². The first-order valence-corrected chi connectivity index (χ1v) is 15.6. The lowest BCUT2D eigenvalue weighted by atomic mass is 10.1. The van der Waals surface area contributed by atoms with Gasteiger partial charge < -0.3 is 21.1 Å². The number of hydrogen-bond acceptors (Lipinski definition) is 5. The minimum atomic E-state index is -1.09. The Labute approximate surface area is 276 Å². The second-order valence-electron chi connectivity index (χ2n) is 10.5. The quantitative estimate of drug-likeness (QED) is 0.0871. The Morgan fingerprint density at radius 1 is 0.702 bits per heavy atom. The van der Waals surface area contributed by atoms with Gasteiger partial charge in [-0.3, -0.25) is 14.4 Å². The van der Waals surface area contributed by atoms with E-state index in [9.17, 15) is 24.3 Å². The second-order valence-corrected chi connectivity index (χ2v) is 11.7. The van der Waals surface area contributed by atoms with Crippen molar-refractivity contribution in [1.82, 2.24) is 5.32 Å². The largest absolute Gasteiger partial charge is 0.478 e. The molecule has 47 heavy (non-hydrogen) atoms. The molecule has 4 N–H and O–H groups in total. The molecule has 5 aromatic carbocycles. The molecule has 0 bridgehead atoms. The molecule has 0 radical (unpaired) electrons. The number of carbonyl (C=O) groups excluding carboxylic acids is 3. The fourth-order valence-corrected chi connectivity index (χ4v) is 5.71. The molecule has 3 amide bonds. The number of nitrogens with one attached hydrogen (secondary N) is 3. The van der Waals surface area contributed by atoms with Crippen LogP contribution in [-0.2, 0) is 9.59 Å². The number of aromatic carboxylic acids is 1. The van der Waals surface area contributed by atoms with Crippen LogP contribution in [0.25, 0.3) is 6.08 Å². The molecule has 0 saturated heterocycles. The number of rotatable bonds is 11. The van der Waals surface area contributed by atoms with Gasteiger partial charge in [-0.25, -0.2) is 4.79 Å². The van der Waals surface area contributed by atoms with E-state index in [1.165, 1.54) is 23.9 Å². The summed E-state index contributed by atoms with van der Waals surface area (Å²) < 4.78 is 0. The zero-order chi connectivity index (χ0) is 33.2. The summed E-state index contributed by atoms with van der Waals surface area (Å²) in [6.45, 7) is 1.79. The van der Waals surface area contributed by atoms with Crippen LogP contribution in [0.1, 0.15) is 42.7 Å². The molecule has 0 heterocycles. The van der Waals surface area contributed by atoms with Gasteiger partial charge in [-0.1, -0.05) is 91.0 Å². The molecule has 0 spiro atoms. The normalized spacial score (nSPS) is 11.6. The van der Waals surface area contributed by atoms with Crippen molar-refractivity contribution >= 4 is 52.9 Å². The molecule has 234 valence electrons. The second kappa shape index (κ2) is 15.4. The minimum absolute atomic E-state index is 0.0589. The van der Waals surface area contributed by atoms with Crippen molar-refractivity contribution in [3.05, 3.63) is 167 Å². The fraction of sp³-hybridized carbons (Fsp3) is 0.0526. The Hall–Kier alpha value is -5.93. The van der Waals surface area contributed by atoms with Gasteiger partial charge in [0.15, 0.2) is 0 Å². The van der Waals surface area contributed by atoms with Crippen LogP contribution in [0.4, 0.5) is 11.4 Å². The molecule has 0 aliphatic carbocycles. The van der Waals surface area contributed by atoms with Gasteiger partial charge in [-0.15, -0.1) is 11.8 Å². The van der Waals surface area contributed by atoms with E-state index in [0.29, 0.717) is 21.8 Å². The van der Waals surface area contributed by atoms with Crippen molar-refractivity contribution in [2.45, 2.75) is 17.1 Å². The number of anilines is 2. The Morgan fingerprint density at radius 2 is 1.36 bits per heavy atom. The monoisotopic (exact) mass is 641 g/mol. The van der Waals surface area contributed by atoms with Crippen molar-refractivity contribution in [2.24, 2.45) is 0 Å². The molecular weight excluding hydrogens is 611 g/mol. The first kappa shape index (κ1) is 32.5. The molecule has 5 aromatic rings. The van der Waals surface area contributed by atoms with Crippen LogP contribution in [-0.4, -0.2) is 28.8 Å². The smallest absolute Gasteiger partial charge is 0.335 e. The first-order valence-electron chi connectivity index (χ1n) is 14.7. The van der Waals surface area contributed by atoms with E-state index in [4.69, 9.17) is 0 Å². The lowest BCUT2D eigenvalue weighted by molar-refractivity contribution is -0.116. The molecule has 9 heteroatoms. The third-order valence-corrected chi connectivity index (χ3v) is 8.32. The number of amides is 3. The van der Waals surface area contributed by atoms with Crippen LogP contribution in [0.2, 0.25) is 0 Å². The van der Waals surface area contributed by atoms with Gasteiger partial charge in [0.25, 0.3) is 11.8 Å². The van der Waals surface area contributed by atoms with E-state index in [1.54, 1.807) is 67.6 Å². The van der Waals surface area contributed by atoms with Crippen molar-refractivity contribution < 1.29 is 24.3 Å². The van der Waals surface area contributed by atoms with Gasteiger partial charge in [0.05, 0.1) is 5.56 Å². The van der Waals surface area contributed by atoms with Crippen molar-refractivity contribution in [2.75, 3.05) is 10.6 Å². The Kier molecular flexibility index (Phi) is 10.6. The summed E-state index contributed by atoms with van der Waals surface area (Å²) in [4.78, 5) is 52.5. The third kappa shape index (κ3) is 8.84. The van der Waals surface area contributed by atoms with Gasteiger partial charge in [-0.05, 0) is 72.2 Å². The summed E-state index contributed by atoms with van der Waals surface area (Å²) in [5, 5.41) is 17.3. The maximum absolute atomic E-state index is 13.7. The molecule has 0 aliphatic heterocycles. The van der Waals surface area contributed by atoms with Crippen LogP contribution in [0.15, 0.2) is 144 Å². The highest BCUT2D eigenvalue weighted by Crippen LogP contribution is 2.37. The van der Waals surface area contributed by atoms with E-state index in [2.05, 4.69) is 16.0 Å². The molecule has 0 saturated carbocycles. The van der Waals surface area contributed by atoms with E-state index in [-0.39, 0.29) is 17.2 Å². The molecule has 1 unspecified atom stereocenters. The first-order chi connectivity index (χ1) is 22.8. The SMILES string of the molecule is Cc1ccc(C(=O)O)cc1NC(=O)C(Sc1cccc(NC(=O)/C(=C/c2ccccc2)NC(=O)c2ccccc2)c1)c1ccccc1. The van der Waals surface area contributed by atoms with Crippen LogP contribution < -0.4 is 16.0 Å². The number of carboxylic acid groups (broad SMARTS) is 1. The van der Waals surface area contributed by atoms with Crippen LogP contribution in [0, 0.1) is 6.92 Å². The fourth-order valence-electron chi connectivity index (χ4n) is 4.63. The maximum atomic E-state index is 13.7. The number of thioether (sulfide) groups is 1. The Bertz CT molecular complexity index is 1930. The van der Waals surface area contributed by atoms with Crippen LogP contribution >= 0.6 is 11.8 Å². The van der Waals surface area contributed by atoms with E-state index < -0.39 is 23.0 Å². The van der Waals surface area contributed by atoms with Crippen molar-refractivity contribution in [1.29, 1.82) is 0 Å². The summed E-state index contributed by atoms with van der Waals surface area (Å²) >= 11 is 1.28.